The monoisotopic (exact) mass is 482 g/mol. The fourth-order valence-corrected chi connectivity index (χ4v) is 4.80. The molecule has 0 amide bonds. The molecule has 0 radical (unpaired) electrons. The van der Waals surface area contributed by atoms with Crippen LogP contribution in [0.25, 0.3) is 11.1 Å². The molecule has 1 atom stereocenters. The first kappa shape index (κ1) is 24.8. The number of ether oxygens (including phenoxy) is 2. The summed E-state index contributed by atoms with van der Waals surface area (Å²) in [7, 11) is 1.31. The third kappa shape index (κ3) is 6.24. The molecule has 0 bridgehead atoms. The number of benzene rings is 3. The minimum atomic E-state index is -4.50. The van der Waals surface area contributed by atoms with E-state index in [1.165, 1.54) is 19.6 Å². The van der Waals surface area contributed by atoms with Gasteiger partial charge in [-0.25, -0.2) is 4.79 Å². The summed E-state index contributed by atoms with van der Waals surface area (Å²) in [5.41, 5.74) is 0.893. The number of esters is 1. The predicted molar refractivity (Wildman–Crippen MR) is 129 cm³/mol. The van der Waals surface area contributed by atoms with Gasteiger partial charge in [0.05, 0.1) is 18.2 Å². The Morgan fingerprint density at radius 1 is 0.943 bits per heavy atom. The number of carbonyl (C=O) groups excluding carboxylic acids is 1. The quantitative estimate of drug-likeness (QED) is 0.318. The van der Waals surface area contributed by atoms with Crippen LogP contribution < -0.4 is 4.74 Å². The molecule has 184 valence electrons. The fraction of sp³-hybridized carbons (Fsp3) is 0.345. The first-order valence-electron chi connectivity index (χ1n) is 12.0. The molecule has 0 aromatic heterocycles. The van der Waals surface area contributed by atoms with Crippen LogP contribution >= 0.6 is 0 Å². The van der Waals surface area contributed by atoms with Crippen LogP contribution in [-0.4, -0.2) is 13.1 Å². The Morgan fingerprint density at radius 3 is 2.26 bits per heavy atom. The van der Waals surface area contributed by atoms with Gasteiger partial charge >= 0.3 is 12.1 Å². The molecule has 0 heterocycles. The molecular weight excluding hydrogens is 453 g/mol. The van der Waals surface area contributed by atoms with Crippen molar-refractivity contribution in [2.24, 2.45) is 5.92 Å². The maximum Gasteiger partial charge on any atom is 0.417 e. The number of carbonyl (C=O) groups is 1. The summed E-state index contributed by atoms with van der Waals surface area (Å²) < 4.78 is 53.4. The van der Waals surface area contributed by atoms with E-state index in [-0.39, 0.29) is 5.56 Å². The molecule has 1 saturated carbocycles. The Morgan fingerprint density at radius 2 is 1.63 bits per heavy atom. The number of hydrogen-bond acceptors (Lipinski definition) is 3. The van der Waals surface area contributed by atoms with E-state index in [4.69, 9.17) is 9.47 Å². The molecule has 0 saturated heterocycles. The highest BCUT2D eigenvalue weighted by Crippen LogP contribution is 2.41. The highest BCUT2D eigenvalue weighted by Gasteiger charge is 2.35. The molecule has 6 heteroatoms. The van der Waals surface area contributed by atoms with Gasteiger partial charge in [-0.15, -0.1) is 0 Å². The van der Waals surface area contributed by atoms with Crippen molar-refractivity contribution < 1.29 is 27.4 Å². The summed E-state index contributed by atoms with van der Waals surface area (Å²) in [6.07, 6.45) is 1.16. The van der Waals surface area contributed by atoms with Crippen molar-refractivity contribution in [2.75, 3.05) is 7.11 Å². The first-order chi connectivity index (χ1) is 16.8. The molecule has 1 aliphatic carbocycles. The SMILES string of the molecule is COC(=O)c1ccc(OC(CC2CCCCC2)c2ccc(-c3ccccc3)c(C(F)(F)F)c2)cc1. The Kier molecular flexibility index (Phi) is 7.79. The number of hydrogen-bond donors (Lipinski definition) is 0. The van der Waals surface area contributed by atoms with E-state index in [2.05, 4.69) is 0 Å². The molecule has 3 aromatic rings. The van der Waals surface area contributed by atoms with Crippen LogP contribution in [0.2, 0.25) is 0 Å². The van der Waals surface area contributed by atoms with Gasteiger partial charge in [0.25, 0.3) is 0 Å². The lowest BCUT2D eigenvalue weighted by Crippen LogP contribution is -2.17. The van der Waals surface area contributed by atoms with Crippen molar-refractivity contribution in [3.05, 3.63) is 89.5 Å². The fourth-order valence-electron chi connectivity index (χ4n) is 4.80. The van der Waals surface area contributed by atoms with E-state index in [1.54, 1.807) is 66.7 Å². The smallest absolute Gasteiger partial charge is 0.417 e. The van der Waals surface area contributed by atoms with Crippen LogP contribution in [-0.2, 0) is 10.9 Å². The number of halogens is 3. The number of methoxy groups -OCH3 is 1. The van der Waals surface area contributed by atoms with Crippen molar-refractivity contribution in [1.82, 2.24) is 0 Å². The second kappa shape index (κ2) is 11.0. The van der Waals surface area contributed by atoms with E-state index < -0.39 is 23.8 Å². The second-order valence-corrected chi connectivity index (χ2v) is 9.03. The zero-order valence-corrected chi connectivity index (χ0v) is 19.7. The van der Waals surface area contributed by atoms with Crippen molar-refractivity contribution in [3.8, 4) is 16.9 Å². The molecule has 35 heavy (non-hydrogen) atoms. The molecule has 3 nitrogen and oxygen atoms in total. The first-order valence-corrected chi connectivity index (χ1v) is 12.0. The van der Waals surface area contributed by atoms with Crippen LogP contribution in [0.15, 0.2) is 72.8 Å². The van der Waals surface area contributed by atoms with Crippen molar-refractivity contribution in [3.63, 3.8) is 0 Å². The van der Waals surface area contributed by atoms with Gasteiger partial charge in [-0.1, -0.05) is 74.6 Å². The molecule has 0 aliphatic heterocycles. The molecule has 3 aromatic carbocycles. The average Bonchev–Trinajstić information content (AvgIpc) is 2.88. The standard InChI is InChI=1S/C29H29F3O3/c1-34-28(33)22-12-15-24(16-13-22)35-27(18-20-8-4-2-5-9-20)23-14-17-25(21-10-6-3-7-11-21)26(19-23)29(30,31)32/h3,6-7,10-17,19-20,27H,2,4-5,8-9,18H2,1H3. The van der Waals surface area contributed by atoms with E-state index in [0.29, 0.717) is 34.8 Å². The molecule has 4 rings (SSSR count). The highest BCUT2D eigenvalue weighted by atomic mass is 19.4. The summed E-state index contributed by atoms with van der Waals surface area (Å²) >= 11 is 0. The van der Waals surface area contributed by atoms with E-state index in [9.17, 15) is 18.0 Å². The lowest BCUT2D eigenvalue weighted by atomic mass is 9.83. The third-order valence-electron chi connectivity index (χ3n) is 6.63. The van der Waals surface area contributed by atoms with Crippen LogP contribution in [0, 0.1) is 5.92 Å². The van der Waals surface area contributed by atoms with Crippen molar-refractivity contribution in [1.29, 1.82) is 0 Å². The van der Waals surface area contributed by atoms with Gasteiger partial charge in [0.15, 0.2) is 0 Å². The summed E-state index contributed by atoms with van der Waals surface area (Å²) in [5, 5.41) is 0. The van der Waals surface area contributed by atoms with Crippen LogP contribution in [0.1, 0.15) is 66.1 Å². The summed E-state index contributed by atoms with van der Waals surface area (Å²) in [6.45, 7) is 0. The van der Waals surface area contributed by atoms with E-state index >= 15 is 0 Å². The van der Waals surface area contributed by atoms with Crippen molar-refractivity contribution >= 4 is 5.97 Å². The number of alkyl halides is 3. The number of rotatable bonds is 7. The topological polar surface area (TPSA) is 35.5 Å². The van der Waals surface area contributed by atoms with Gasteiger partial charge in [-0.2, -0.15) is 13.2 Å². The highest BCUT2D eigenvalue weighted by molar-refractivity contribution is 5.89. The van der Waals surface area contributed by atoms with Gasteiger partial charge < -0.3 is 9.47 Å². The molecule has 1 unspecified atom stereocenters. The molecule has 0 spiro atoms. The average molecular weight is 483 g/mol. The van der Waals surface area contributed by atoms with Gasteiger partial charge in [0, 0.05) is 0 Å². The molecule has 1 aliphatic rings. The van der Waals surface area contributed by atoms with Gasteiger partial charge in [-0.3, -0.25) is 0 Å². The van der Waals surface area contributed by atoms with E-state index in [1.807, 2.05) is 0 Å². The lowest BCUT2D eigenvalue weighted by molar-refractivity contribution is -0.137. The second-order valence-electron chi connectivity index (χ2n) is 9.03. The Hall–Kier alpha value is -3.28. The minimum Gasteiger partial charge on any atom is -0.486 e. The van der Waals surface area contributed by atoms with E-state index in [0.717, 1.165) is 25.7 Å². The summed E-state index contributed by atoms with van der Waals surface area (Å²) in [5.74, 6) is 0.437. The molecular formula is C29H29F3O3. The normalized spacial score (nSPS) is 15.4. The lowest BCUT2D eigenvalue weighted by Gasteiger charge is -2.28. The summed E-state index contributed by atoms with van der Waals surface area (Å²) in [6, 6.07) is 19.6. The van der Waals surface area contributed by atoms with Gasteiger partial charge in [0.2, 0.25) is 0 Å². The zero-order valence-electron chi connectivity index (χ0n) is 19.7. The maximum atomic E-state index is 14.1. The Labute approximate surface area is 203 Å². The van der Waals surface area contributed by atoms with Crippen LogP contribution in [0.3, 0.4) is 0 Å². The maximum absolute atomic E-state index is 14.1. The zero-order chi connectivity index (χ0) is 24.8. The Balaban J connectivity index is 1.68. The summed E-state index contributed by atoms with van der Waals surface area (Å²) in [4.78, 5) is 11.7. The Bertz CT molecular complexity index is 1120. The minimum absolute atomic E-state index is 0.153. The van der Waals surface area contributed by atoms with Crippen LogP contribution in [0.4, 0.5) is 13.2 Å². The molecule has 1 fully saturated rings. The third-order valence-corrected chi connectivity index (χ3v) is 6.63. The van der Waals surface area contributed by atoms with Crippen molar-refractivity contribution in [2.45, 2.75) is 50.8 Å². The largest absolute Gasteiger partial charge is 0.486 e. The van der Waals surface area contributed by atoms with Gasteiger partial charge in [0.1, 0.15) is 11.9 Å². The van der Waals surface area contributed by atoms with Crippen LogP contribution in [0.5, 0.6) is 5.75 Å². The predicted octanol–water partition coefficient (Wildman–Crippen LogP) is 8.25. The van der Waals surface area contributed by atoms with Gasteiger partial charge in [-0.05, 0) is 59.4 Å². The molecule has 0 N–H and O–H groups in total.